The van der Waals surface area contributed by atoms with Crippen molar-refractivity contribution >= 4 is 11.8 Å². The number of benzene rings is 1. The van der Waals surface area contributed by atoms with Gasteiger partial charge in [0, 0.05) is 5.56 Å². The number of nitrogens with two attached hydrogens (primary N) is 1. The number of rotatable bonds is 4. The van der Waals surface area contributed by atoms with Crippen molar-refractivity contribution in [1.29, 1.82) is 0 Å². The molecule has 0 radical (unpaired) electrons. The zero-order valence-corrected chi connectivity index (χ0v) is 11.4. The molecule has 1 aromatic carbocycles. The lowest BCUT2D eigenvalue weighted by Gasteiger charge is -2.11. The van der Waals surface area contributed by atoms with Crippen molar-refractivity contribution in [2.24, 2.45) is 5.73 Å². The van der Waals surface area contributed by atoms with Gasteiger partial charge in [-0.2, -0.15) is 0 Å². The van der Waals surface area contributed by atoms with Crippen molar-refractivity contribution in [3.8, 4) is 5.75 Å². The number of aromatic hydroxyl groups is 1. The summed E-state index contributed by atoms with van der Waals surface area (Å²) < 4.78 is 5.01. The van der Waals surface area contributed by atoms with Crippen LogP contribution in [0.25, 0.3) is 0 Å². The average molecular weight is 275 g/mol. The van der Waals surface area contributed by atoms with Gasteiger partial charge in [-0.05, 0) is 38.0 Å². The number of phenols is 1. The van der Waals surface area contributed by atoms with E-state index in [1.54, 1.807) is 31.2 Å². The van der Waals surface area contributed by atoms with E-state index in [1.807, 2.05) is 6.92 Å². The molecule has 0 aliphatic carbocycles. The molecule has 1 aromatic heterocycles. The first-order chi connectivity index (χ1) is 9.47. The van der Waals surface area contributed by atoms with E-state index in [0.717, 1.165) is 16.8 Å². The fourth-order valence-electron chi connectivity index (χ4n) is 1.72. The van der Waals surface area contributed by atoms with E-state index in [9.17, 15) is 9.90 Å². The molecular formula is C14H17N3O3. The van der Waals surface area contributed by atoms with Crippen LogP contribution in [0.5, 0.6) is 5.75 Å². The van der Waals surface area contributed by atoms with Gasteiger partial charge in [0.2, 0.25) is 11.8 Å². The summed E-state index contributed by atoms with van der Waals surface area (Å²) in [6, 6.07) is 5.87. The van der Waals surface area contributed by atoms with Gasteiger partial charge in [0.15, 0.2) is 0 Å². The maximum absolute atomic E-state index is 12.0. The molecular weight excluding hydrogens is 258 g/mol. The Morgan fingerprint density at radius 1 is 1.40 bits per heavy atom. The smallest absolute Gasteiger partial charge is 0.244 e. The van der Waals surface area contributed by atoms with E-state index in [1.165, 1.54) is 0 Å². The Kier molecular flexibility index (Phi) is 4.05. The molecule has 0 aliphatic rings. The number of carbonyl (C=O) groups is 1. The lowest BCUT2D eigenvalue weighted by Crippen LogP contribution is -2.37. The van der Waals surface area contributed by atoms with Gasteiger partial charge in [-0.1, -0.05) is 17.3 Å². The first kappa shape index (κ1) is 14.1. The largest absolute Gasteiger partial charge is 0.508 e. The zero-order chi connectivity index (χ0) is 14.7. The lowest BCUT2D eigenvalue weighted by atomic mass is 10.1. The fraction of sp³-hybridized carbons (Fsp3) is 0.286. The third-order valence-corrected chi connectivity index (χ3v) is 3.12. The Balaban J connectivity index is 1.98. The number of carbonyl (C=O) groups excluding carboxylic acids is 1. The number of hydrogen-bond donors (Lipinski definition) is 3. The van der Waals surface area contributed by atoms with Crippen molar-refractivity contribution in [2.45, 2.75) is 26.3 Å². The van der Waals surface area contributed by atoms with Crippen molar-refractivity contribution < 1.29 is 14.4 Å². The third kappa shape index (κ3) is 3.16. The van der Waals surface area contributed by atoms with Gasteiger partial charge >= 0.3 is 0 Å². The molecule has 106 valence electrons. The minimum atomic E-state index is -0.704. The van der Waals surface area contributed by atoms with Crippen LogP contribution >= 0.6 is 0 Å². The predicted molar refractivity (Wildman–Crippen MR) is 74.4 cm³/mol. The Bertz CT molecular complexity index is 605. The molecule has 2 rings (SSSR count). The molecule has 1 amide bonds. The van der Waals surface area contributed by atoms with Gasteiger partial charge in [0.25, 0.3) is 0 Å². The zero-order valence-electron chi connectivity index (χ0n) is 11.4. The number of aromatic nitrogens is 1. The van der Waals surface area contributed by atoms with Crippen molar-refractivity contribution in [1.82, 2.24) is 5.16 Å². The van der Waals surface area contributed by atoms with Crippen molar-refractivity contribution in [3.05, 3.63) is 41.1 Å². The Morgan fingerprint density at radius 2 is 2.05 bits per heavy atom. The highest BCUT2D eigenvalue weighted by Gasteiger charge is 2.18. The molecule has 0 saturated heterocycles. The number of amides is 1. The normalized spacial score (nSPS) is 12.2. The number of anilines is 1. The van der Waals surface area contributed by atoms with E-state index < -0.39 is 6.04 Å². The SMILES string of the molecule is Cc1noc(NC(=O)[C@@H](N)Cc2ccc(O)cc2)c1C. The first-order valence-corrected chi connectivity index (χ1v) is 6.24. The number of nitrogens with one attached hydrogen (secondary N) is 1. The second-order valence-corrected chi connectivity index (χ2v) is 4.69. The fourth-order valence-corrected chi connectivity index (χ4v) is 1.72. The van der Waals surface area contributed by atoms with Crippen LogP contribution in [-0.2, 0) is 11.2 Å². The second kappa shape index (κ2) is 5.75. The quantitative estimate of drug-likeness (QED) is 0.785. The summed E-state index contributed by atoms with van der Waals surface area (Å²) in [7, 11) is 0. The number of nitrogens with zero attached hydrogens (tertiary/aromatic N) is 1. The lowest BCUT2D eigenvalue weighted by molar-refractivity contribution is -0.117. The summed E-state index contributed by atoms with van der Waals surface area (Å²) in [6.45, 7) is 3.61. The highest BCUT2D eigenvalue weighted by molar-refractivity contribution is 5.94. The molecule has 2 aromatic rings. The molecule has 20 heavy (non-hydrogen) atoms. The molecule has 0 spiro atoms. The Morgan fingerprint density at radius 3 is 2.60 bits per heavy atom. The van der Waals surface area contributed by atoms with E-state index >= 15 is 0 Å². The van der Waals surface area contributed by atoms with Crippen LogP contribution in [0.3, 0.4) is 0 Å². The van der Waals surface area contributed by atoms with Crippen molar-refractivity contribution in [2.75, 3.05) is 5.32 Å². The minimum absolute atomic E-state index is 0.180. The van der Waals surface area contributed by atoms with Gasteiger partial charge < -0.3 is 15.4 Å². The first-order valence-electron chi connectivity index (χ1n) is 6.24. The molecule has 0 bridgehead atoms. The minimum Gasteiger partial charge on any atom is -0.508 e. The topological polar surface area (TPSA) is 101 Å². The van der Waals surface area contributed by atoms with E-state index in [2.05, 4.69) is 10.5 Å². The van der Waals surface area contributed by atoms with Gasteiger partial charge in [0.1, 0.15) is 5.75 Å². The Hall–Kier alpha value is -2.34. The molecule has 4 N–H and O–H groups in total. The summed E-state index contributed by atoms with van der Waals surface area (Å²) in [5.41, 5.74) is 8.24. The number of hydrogen-bond acceptors (Lipinski definition) is 5. The average Bonchev–Trinajstić information content (AvgIpc) is 2.73. The van der Waals surface area contributed by atoms with Gasteiger partial charge in [-0.15, -0.1) is 0 Å². The summed E-state index contributed by atoms with van der Waals surface area (Å²) in [5.74, 6) is 0.172. The van der Waals surface area contributed by atoms with Crippen LogP contribution in [0, 0.1) is 13.8 Å². The number of aryl methyl sites for hydroxylation is 1. The van der Waals surface area contributed by atoms with Crippen LogP contribution < -0.4 is 11.1 Å². The number of phenolic OH excluding ortho intramolecular Hbond substituents is 1. The maximum Gasteiger partial charge on any atom is 0.244 e. The molecule has 0 saturated carbocycles. The van der Waals surface area contributed by atoms with E-state index in [4.69, 9.17) is 10.3 Å². The third-order valence-electron chi connectivity index (χ3n) is 3.12. The molecule has 1 heterocycles. The van der Waals surface area contributed by atoms with Crippen LogP contribution in [0.15, 0.2) is 28.8 Å². The van der Waals surface area contributed by atoms with Gasteiger partial charge in [-0.3, -0.25) is 10.1 Å². The monoisotopic (exact) mass is 275 g/mol. The van der Waals surface area contributed by atoms with E-state index in [-0.39, 0.29) is 11.7 Å². The van der Waals surface area contributed by atoms with Gasteiger partial charge in [-0.25, -0.2) is 0 Å². The standard InChI is InChI=1S/C14H17N3O3/c1-8-9(2)17-20-14(8)16-13(19)12(15)7-10-3-5-11(18)6-4-10/h3-6,12,18H,7,15H2,1-2H3,(H,16,19)/t12-/m0/s1. The molecule has 6 heteroatoms. The molecule has 1 atom stereocenters. The molecule has 0 unspecified atom stereocenters. The summed E-state index contributed by atoms with van der Waals surface area (Å²) in [5, 5.41) is 15.6. The van der Waals surface area contributed by atoms with E-state index in [0.29, 0.717) is 12.3 Å². The highest BCUT2D eigenvalue weighted by atomic mass is 16.5. The summed E-state index contributed by atoms with van der Waals surface area (Å²) in [6.07, 6.45) is 0.373. The molecule has 0 aliphatic heterocycles. The van der Waals surface area contributed by atoms with Gasteiger partial charge in [0.05, 0.1) is 11.7 Å². The second-order valence-electron chi connectivity index (χ2n) is 4.69. The summed E-state index contributed by atoms with van der Waals surface area (Å²) in [4.78, 5) is 12.0. The molecule has 0 fully saturated rings. The maximum atomic E-state index is 12.0. The molecule has 6 nitrogen and oxygen atoms in total. The highest BCUT2D eigenvalue weighted by Crippen LogP contribution is 2.18. The Labute approximate surface area is 116 Å². The van der Waals surface area contributed by atoms with Crippen LogP contribution in [0.1, 0.15) is 16.8 Å². The predicted octanol–water partition coefficient (Wildman–Crippen LogP) is 1.51. The van der Waals surface area contributed by atoms with Crippen LogP contribution in [-0.4, -0.2) is 22.2 Å². The van der Waals surface area contributed by atoms with Crippen LogP contribution in [0.2, 0.25) is 0 Å². The van der Waals surface area contributed by atoms with Crippen LogP contribution in [0.4, 0.5) is 5.88 Å². The summed E-state index contributed by atoms with van der Waals surface area (Å²) >= 11 is 0. The van der Waals surface area contributed by atoms with Crippen molar-refractivity contribution in [3.63, 3.8) is 0 Å².